The Bertz CT molecular complexity index is 407. The minimum absolute atomic E-state index is 0.227. The van der Waals surface area contributed by atoms with Crippen molar-refractivity contribution in [3.05, 3.63) is 29.8 Å². The molecule has 5 nitrogen and oxygen atoms in total. The van der Waals surface area contributed by atoms with Gasteiger partial charge in [0.25, 0.3) is 0 Å². The summed E-state index contributed by atoms with van der Waals surface area (Å²) in [5.41, 5.74) is 0.969. The molecular weight excluding hydrogens is 222 g/mol. The van der Waals surface area contributed by atoms with E-state index in [-0.39, 0.29) is 5.75 Å². The van der Waals surface area contributed by atoms with E-state index >= 15 is 0 Å². The van der Waals surface area contributed by atoms with Crippen LogP contribution in [0.2, 0.25) is 0 Å². The molecule has 1 heterocycles. The Morgan fingerprint density at radius 1 is 1.53 bits per heavy atom. The van der Waals surface area contributed by atoms with Crippen molar-refractivity contribution < 1.29 is 19.7 Å². The maximum absolute atomic E-state index is 10.8. The molecule has 0 amide bonds. The summed E-state index contributed by atoms with van der Waals surface area (Å²) in [5.74, 6) is -0.698. The molecule has 1 fully saturated rings. The Balaban J connectivity index is 1.97. The number of rotatable bonds is 3. The fourth-order valence-corrected chi connectivity index (χ4v) is 1.91. The largest absolute Gasteiger partial charge is 0.508 e. The van der Waals surface area contributed by atoms with Gasteiger partial charge >= 0.3 is 5.97 Å². The highest BCUT2D eigenvalue weighted by Gasteiger charge is 2.25. The summed E-state index contributed by atoms with van der Waals surface area (Å²) >= 11 is 0. The number of aromatic hydroxyl groups is 1. The average Bonchev–Trinajstić information content (AvgIpc) is 2.29. The van der Waals surface area contributed by atoms with Crippen molar-refractivity contribution in [1.82, 2.24) is 4.90 Å². The highest BCUT2D eigenvalue weighted by Crippen LogP contribution is 2.15. The number of carboxylic acids is 1. The first kappa shape index (κ1) is 11.9. The van der Waals surface area contributed by atoms with E-state index in [0.717, 1.165) is 5.56 Å². The van der Waals surface area contributed by atoms with Gasteiger partial charge in [-0.2, -0.15) is 0 Å². The number of phenols is 1. The van der Waals surface area contributed by atoms with Crippen molar-refractivity contribution >= 4 is 5.97 Å². The molecule has 0 bridgehead atoms. The van der Waals surface area contributed by atoms with Crippen LogP contribution in [0.15, 0.2) is 24.3 Å². The molecule has 2 N–H and O–H groups in total. The normalized spacial score (nSPS) is 21.3. The molecule has 5 heteroatoms. The molecule has 17 heavy (non-hydrogen) atoms. The minimum Gasteiger partial charge on any atom is -0.508 e. The molecule has 92 valence electrons. The predicted molar refractivity (Wildman–Crippen MR) is 60.8 cm³/mol. The molecule has 1 aliphatic rings. The van der Waals surface area contributed by atoms with Crippen LogP contribution < -0.4 is 0 Å². The number of carboxylic acid groups (broad SMARTS) is 1. The summed E-state index contributed by atoms with van der Waals surface area (Å²) in [7, 11) is 0. The lowest BCUT2D eigenvalue weighted by molar-refractivity contribution is -0.156. The Hall–Kier alpha value is -1.59. The van der Waals surface area contributed by atoms with E-state index in [2.05, 4.69) is 0 Å². The lowest BCUT2D eigenvalue weighted by Gasteiger charge is -2.30. The van der Waals surface area contributed by atoms with Gasteiger partial charge in [0.2, 0.25) is 0 Å². The van der Waals surface area contributed by atoms with Crippen molar-refractivity contribution in [2.75, 3.05) is 19.7 Å². The number of benzene rings is 1. The van der Waals surface area contributed by atoms with Crippen molar-refractivity contribution in [2.45, 2.75) is 12.6 Å². The first-order valence-electron chi connectivity index (χ1n) is 5.50. The van der Waals surface area contributed by atoms with Crippen LogP contribution >= 0.6 is 0 Å². The van der Waals surface area contributed by atoms with Crippen LogP contribution in [-0.4, -0.2) is 46.9 Å². The van der Waals surface area contributed by atoms with E-state index in [1.54, 1.807) is 18.2 Å². The Morgan fingerprint density at radius 3 is 3.06 bits per heavy atom. The molecule has 1 aromatic carbocycles. The molecule has 1 aliphatic heterocycles. The van der Waals surface area contributed by atoms with E-state index in [0.29, 0.717) is 26.2 Å². The molecule has 1 aromatic rings. The maximum atomic E-state index is 10.8. The number of nitrogens with zero attached hydrogens (tertiary/aromatic N) is 1. The summed E-state index contributed by atoms with van der Waals surface area (Å²) in [6, 6.07) is 6.98. The summed E-state index contributed by atoms with van der Waals surface area (Å²) < 4.78 is 5.14. The van der Waals surface area contributed by atoms with E-state index in [4.69, 9.17) is 9.84 Å². The van der Waals surface area contributed by atoms with Gasteiger partial charge in [-0.25, -0.2) is 4.79 Å². The van der Waals surface area contributed by atoms with Crippen LogP contribution in [0, 0.1) is 0 Å². The van der Waals surface area contributed by atoms with Gasteiger partial charge in [0.05, 0.1) is 6.61 Å². The Morgan fingerprint density at radius 2 is 2.35 bits per heavy atom. The molecule has 0 aromatic heterocycles. The van der Waals surface area contributed by atoms with E-state index in [1.807, 2.05) is 11.0 Å². The lowest BCUT2D eigenvalue weighted by Crippen LogP contribution is -2.45. The minimum atomic E-state index is -0.925. The number of phenolic OH excluding ortho intramolecular Hbond substituents is 1. The highest BCUT2D eigenvalue weighted by molar-refractivity contribution is 5.72. The Labute approximate surface area is 99.2 Å². The van der Waals surface area contributed by atoms with Gasteiger partial charge in [-0.1, -0.05) is 12.1 Å². The van der Waals surface area contributed by atoms with Gasteiger partial charge in [-0.15, -0.1) is 0 Å². The third-order valence-electron chi connectivity index (χ3n) is 2.74. The fraction of sp³-hybridized carbons (Fsp3) is 0.417. The van der Waals surface area contributed by atoms with Gasteiger partial charge < -0.3 is 14.9 Å². The standard InChI is InChI=1S/C12H15NO4/c14-10-3-1-2-9(6-10)7-13-4-5-17-11(8-13)12(15)16/h1-3,6,11,14H,4-5,7-8H2,(H,15,16). The maximum Gasteiger partial charge on any atom is 0.334 e. The summed E-state index contributed by atoms with van der Waals surface area (Å²) in [5, 5.41) is 18.2. The van der Waals surface area contributed by atoms with Crippen molar-refractivity contribution in [3.63, 3.8) is 0 Å². The van der Waals surface area contributed by atoms with Crippen molar-refractivity contribution in [2.24, 2.45) is 0 Å². The smallest absolute Gasteiger partial charge is 0.334 e. The van der Waals surface area contributed by atoms with Gasteiger partial charge in [0.1, 0.15) is 5.75 Å². The van der Waals surface area contributed by atoms with Gasteiger partial charge in [-0.3, -0.25) is 4.90 Å². The second kappa shape index (κ2) is 5.16. The molecule has 1 atom stereocenters. The topological polar surface area (TPSA) is 70.0 Å². The van der Waals surface area contributed by atoms with Gasteiger partial charge in [0.15, 0.2) is 6.10 Å². The van der Waals surface area contributed by atoms with Crippen LogP contribution in [0.25, 0.3) is 0 Å². The van der Waals surface area contributed by atoms with Crippen LogP contribution in [-0.2, 0) is 16.1 Å². The van der Waals surface area contributed by atoms with Crippen molar-refractivity contribution in [1.29, 1.82) is 0 Å². The average molecular weight is 237 g/mol. The number of aliphatic carboxylic acids is 1. The second-order valence-corrected chi connectivity index (χ2v) is 4.10. The zero-order valence-corrected chi connectivity index (χ0v) is 9.37. The molecule has 0 spiro atoms. The van der Waals surface area contributed by atoms with E-state index < -0.39 is 12.1 Å². The first-order valence-corrected chi connectivity index (χ1v) is 5.50. The van der Waals surface area contributed by atoms with E-state index in [9.17, 15) is 9.90 Å². The molecule has 1 saturated heterocycles. The quantitative estimate of drug-likeness (QED) is 0.809. The summed E-state index contributed by atoms with van der Waals surface area (Å²) in [6.45, 7) is 2.14. The fourth-order valence-electron chi connectivity index (χ4n) is 1.91. The molecular formula is C12H15NO4. The zero-order chi connectivity index (χ0) is 12.3. The van der Waals surface area contributed by atoms with Crippen LogP contribution in [0.3, 0.4) is 0 Å². The summed E-state index contributed by atoms with van der Waals surface area (Å²) in [6.07, 6.45) is -0.749. The monoisotopic (exact) mass is 237 g/mol. The molecule has 2 rings (SSSR count). The number of morpholine rings is 1. The van der Waals surface area contributed by atoms with Gasteiger partial charge in [-0.05, 0) is 17.7 Å². The van der Waals surface area contributed by atoms with Gasteiger partial charge in [0, 0.05) is 19.6 Å². The highest BCUT2D eigenvalue weighted by atomic mass is 16.5. The summed E-state index contributed by atoms with van der Waals surface area (Å²) in [4.78, 5) is 12.8. The van der Waals surface area contributed by atoms with Crippen LogP contribution in [0.1, 0.15) is 5.56 Å². The molecule has 0 saturated carbocycles. The number of carbonyl (C=O) groups is 1. The second-order valence-electron chi connectivity index (χ2n) is 4.10. The first-order chi connectivity index (χ1) is 8.15. The SMILES string of the molecule is O=C(O)C1CN(Cc2cccc(O)c2)CCO1. The number of ether oxygens (including phenoxy) is 1. The lowest BCUT2D eigenvalue weighted by atomic mass is 10.2. The third kappa shape index (κ3) is 3.18. The van der Waals surface area contributed by atoms with Crippen LogP contribution in [0.4, 0.5) is 0 Å². The zero-order valence-electron chi connectivity index (χ0n) is 9.37. The third-order valence-corrected chi connectivity index (χ3v) is 2.74. The van der Waals surface area contributed by atoms with Crippen molar-refractivity contribution in [3.8, 4) is 5.75 Å². The molecule has 0 radical (unpaired) electrons. The number of hydrogen-bond acceptors (Lipinski definition) is 4. The molecule has 0 aliphatic carbocycles. The predicted octanol–water partition coefficient (Wildman–Crippen LogP) is 0.678. The molecule has 1 unspecified atom stereocenters. The number of hydrogen-bond donors (Lipinski definition) is 2. The van der Waals surface area contributed by atoms with Crippen LogP contribution in [0.5, 0.6) is 5.75 Å². The van der Waals surface area contributed by atoms with E-state index in [1.165, 1.54) is 0 Å². The Kier molecular flexibility index (Phi) is 3.61.